The average molecular weight is 500 g/mol. The van der Waals surface area contributed by atoms with Crippen LogP contribution >= 0.6 is 24.0 Å². The lowest BCUT2D eigenvalue weighted by Crippen LogP contribution is -2.72. The van der Waals surface area contributed by atoms with Crippen LogP contribution in [-0.4, -0.2) is 52.1 Å². The molecule has 0 bridgehead atoms. The van der Waals surface area contributed by atoms with Crippen molar-refractivity contribution in [2.24, 2.45) is 16.3 Å². The summed E-state index contributed by atoms with van der Waals surface area (Å²) in [5.74, 6) is 3.73. The molecule has 1 spiro atoms. The Balaban J connectivity index is 0.00000192. The Morgan fingerprint density at radius 3 is 2.86 bits per heavy atom. The molecule has 28 heavy (non-hydrogen) atoms. The highest BCUT2D eigenvalue weighted by molar-refractivity contribution is 14.0. The van der Waals surface area contributed by atoms with E-state index in [2.05, 4.69) is 39.2 Å². The highest BCUT2D eigenvalue weighted by Crippen LogP contribution is 2.62. The summed E-state index contributed by atoms with van der Waals surface area (Å²) >= 11 is 0. The average Bonchev–Trinajstić information content (AvgIpc) is 3.22. The Morgan fingerprint density at radius 2 is 2.14 bits per heavy atom. The van der Waals surface area contributed by atoms with Gasteiger partial charge in [-0.15, -0.1) is 24.0 Å². The fraction of sp³-hybridized carbons (Fsp3) is 0.850. The van der Waals surface area contributed by atoms with Gasteiger partial charge in [0.25, 0.3) is 0 Å². The first-order chi connectivity index (χ1) is 13.2. The number of aliphatic imine (C=N–C) groups is 1. The molecule has 1 aromatic rings. The van der Waals surface area contributed by atoms with Crippen molar-refractivity contribution >= 4 is 29.9 Å². The molecule has 5 rings (SSSR count). The first-order valence-electron chi connectivity index (χ1n) is 10.8. The van der Waals surface area contributed by atoms with E-state index in [4.69, 9.17) is 9.73 Å². The van der Waals surface area contributed by atoms with Crippen LogP contribution in [0.5, 0.6) is 0 Å². The number of nitrogens with one attached hydrogen (secondary N) is 2. The molecule has 4 atom stereocenters. The van der Waals surface area contributed by atoms with Crippen LogP contribution in [0.1, 0.15) is 57.6 Å². The van der Waals surface area contributed by atoms with E-state index in [1.165, 1.54) is 25.7 Å². The zero-order chi connectivity index (χ0) is 18.4. The van der Waals surface area contributed by atoms with Gasteiger partial charge >= 0.3 is 0 Å². The van der Waals surface area contributed by atoms with Crippen LogP contribution in [0.3, 0.4) is 0 Å². The van der Waals surface area contributed by atoms with E-state index >= 15 is 0 Å². The van der Waals surface area contributed by atoms with E-state index in [1.54, 1.807) is 0 Å². The monoisotopic (exact) mass is 500 g/mol. The summed E-state index contributed by atoms with van der Waals surface area (Å²) in [7, 11) is 0. The number of hydrogen-bond acceptors (Lipinski definition) is 4. The first-order valence-corrected chi connectivity index (χ1v) is 10.8. The molecule has 156 valence electrons. The molecule has 3 fully saturated rings. The van der Waals surface area contributed by atoms with Gasteiger partial charge in [-0.3, -0.25) is 4.99 Å². The van der Waals surface area contributed by atoms with Crippen LogP contribution in [0, 0.1) is 11.3 Å². The van der Waals surface area contributed by atoms with Crippen LogP contribution in [0.4, 0.5) is 0 Å². The van der Waals surface area contributed by atoms with E-state index < -0.39 is 0 Å². The number of halogens is 1. The lowest BCUT2D eigenvalue weighted by Gasteiger charge is -2.63. The number of rotatable bonds is 4. The number of hydrogen-bond donors (Lipinski definition) is 2. The summed E-state index contributed by atoms with van der Waals surface area (Å²) < 4.78 is 8.15. The second kappa shape index (κ2) is 8.08. The number of guanidine groups is 1. The summed E-state index contributed by atoms with van der Waals surface area (Å²) in [6.07, 6.45) is 8.59. The largest absolute Gasteiger partial charge is 0.377 e. The van der Waals surface area contributed by atoms with Gasteiger partial charge in [-0.05, 0) is 32.6 Å². The molecule has 0 aromatic carbocycles. The van der Waals surface area contributed by atoms with Gasteiger partial charge < -0.3 is 15.4 Å². The number of aryl methyl sites for hydroxylation is 2. The van der Waals surface area contributed by atoms with Crippen molar-refractivity contribution in [3.8, 4) is 0 Å². The van der Waals surface area contributed by atoms with Crippen molar-refractivity contribution in [1.82, 2.24) is 25.4 Å². The quantitative estimate of drug-likeness (QED) is 0.377. The normalized spacial score (nSPS) is 32.6. The molecule has 1 saturated heterocycles. The van der Waals surface area contributed by atoms with Gasteiger partial charge in [0.15, 0.2) is 11.8 Å². The molecular formula is C20H33IN6O. The second-order valence-corrected chi connectivity index (χ2v) is 8.64. The fourth-order valence-corrected chi connectivity index (χ4v) is 5.72. The highest BCUT2D eigenvalue weighted by atomic mass is 127. The topological polar surface area (TPSA) is 76.4 Å². The van der Waals surface area contributed by atoms with Crippen molar-refractivity contribution in [3.63, 3.8) is 0 Å². The molecule has 8 heteroatoms. The predicted molar refractivity (Wildman–Crippen MR) is 119 cm³/mol. The van der Waals surface area contributed by atoms with Crippen molar-refractivity contribution in [3.05, 3.63) is 11.6 Å². The number of nitrogens with zero attached hydrogens (tertiary/aromatic N) is 4. The van der Waals surface area contributed by atoms with Crippen LogP contribution in [0.2, 0.25) is 0 Å². The summed E-state index contributed by atoms with van der Waals surface area (Å²) in [6, 6.07) is 0.878. The second-order valence-electron chi connectivity index (χ2n) is 8.64. The number of ether oxygens (including phenoxy) is 1. The highest BCUT2D eigenvalue weighted by Gasteiger charge is 2.66. The zero-order valence-corrected chi connectivity index (χ0v) is 19.3. The molecule has 2 aliphatic carbocycles. The maximum absolute atomic E-state index is 6.06. The lowest BCUT2D eigenvalue weighted by atomic mass is 9.46. The van der Waals surface area contributed by atoms with Gasteiger partial charge in [0.2, 0.25) is 0 Å². The third kappa shape index (κ3) is 3.24. The molecule has 3 heterocycles. The maximum Gasteiger partial charge on any atom is 0.191 e. The molecule has 0 radical (unpaired) electrons. The van der Waals surface area contributed by atoms with Crippen molar-refractivity contribution in [2.75, 3.05) is 13.2 Å². The van der Waals surface area contributed by atoms with Crippen LogP contribution in [0.15, 0.2) is 4.99 Å². The molecule has 1 aromatic heterocycles. The van der Waals surface area contributed by atoms with Gasteiger partial charge in [0.05, 0.1) is 12.6 Å². The molecule has 2 aliphatic heterocycles. The van der Waals surface area contributed by atoms with Gasteiger partial charge in [0.1, 0.15) is 5.82 Å². The minimum absolute atomic E-state index is 0. The lowest BCUT2D eigenvalue weighted by molar-refractivity contribution is -0.171. The van der Waals surface area contributed by atoms with E-state index in [-0.39, 0.29) is 24.0 Å². The first kappa shape index (κ1) is 20.4. The Bertz CT molecular complexity index is 730. The predicted octanol–water partition coefficient (Wildman–Crippen LogP) is 2.29. The maximum atomic E-state index is 6.06. The zero-order valence-electron chi connectivity index (χ0n) is 17.0. The van der Waals surface area contributed by atoms with Gasteiger partial charge in [-0.2, -0.15) is 5.10 Å². The van der Waals surface area contributed by atoms with E-state index in [9.17, 15) is 0 Å². The minimum Gasteiger partial charge on any atom is -0.377 e. The smallest absolute Gasteiger partial charge is 0.191 e. The standard InChI is InChI=1S/C20H32N6O.HI/c1-3-15-23-16-7-6-13(12-26(16)25-15)22-19(21-4-2)24-17-14-8-11-27-18(14)20(17)9-5-10-20;/h13-14,17-18H,3-12H2,1-2H3,(H2,21,22,24);1H. The van der Waals surface area contributed by atoms with Gasteiger partial charge in [-0.25, -0.2) is 9.67 Å². The minimum atomic E-state index is 0. The summed E-state index contributed by atoms with van der Waals surface area (Å²) in [5.41, 5.74) is 0.374. The Kier molecular flexibility index (Phi) is 5.88. The summed E-state index contributed by atoms with van der Waals surface area (Å²) in [4.78, 5) is 9.39. The van der Waals surface area contributed by atoms with Crippen molar-refractivity contribution in [2.45, 2.75) is 83.5 Å². The molecule has 0 amide bonds. The Hall–Kier alpha value is -0.900. The molecular weight excluding hydrogens is 467 g/mol. The van der Waals surface area contributed by atoms with Gasteiger partial charge in [0, 0.05) is 49.4 Å². The van der Waals surface area contributed by atoms with Crippen LogP contribution in [-0.2, 0) is 24.1 Å². The summed E-state index contributed by atoms with van der Waals surface area (Å²) in [5, 5.41) is 12.2. The van der Waals surface area contributed by atoms with Crippen molar-refractivity contribution < 1.29 is 4.74 Å². The molecule has 2 N–H and O–H groups in total. The van der Waals surface area contributed by atoms with E-state index in [1.807, 2.05) is 0 Å². The number of fused-ring (bicyclic) bond motifs is 3. The van der Waals surface area contributed by atoms with Crippen molar-refractivity contribution in [1.29, 1.82) is 0 Å². The SMILES string of the molecule is CCN=C(NC1CCc2nc(CC)nn2C1)NC1C2CCOC2C12CCC2.I. The Labute approximate surface area is 184 Å². The molecule has 4 unspecified atom stereocenters. The van der Waals surface area contributed by atoms with Crippen LogP contribution < -0.4 is 10.6 Å². The molecule has 4 aliphatic rings. The fourth-order valence-electron chi connectivity index (χ4n) is 5.72. The molecule has 2 saturated carbocycles. The van der Waals surface area contributed by atoms with E-state index in [0.717, 1.165) is 56.6 Å². The molecule has 7 nitrogen and oxygen atoms in total. The third-order valence-electron chi connectivity index (χ3n) is 7.20. The van der Waals surface area contributed by atoms with E-state index in [0.29, 0.717) is 29.5 Å². The van der Waals surface area contributed by atoms with Gasteiger partial charge in [-0.1, -0.05) is 13.3 Å². The van der Waals surface area contributed by atoms with Crippen LogP contribution in [0.25, 0.3) is 0 Å². The summed E-state index contributed by atoms with van der Waals surface area (Å²) in [6.45, 7) is 6.82. The Morgan fingerprint density at radius 1 is 1.29 bits per heavy atom. The number of aromatic nitrogens is 3. The third-order valence-corrected chi connectivity index (χ3v) is 7.20.